The summed E-state index contributed by atoms with van der Waals surface area (Å²) in [6.07, 6.45) is 2.84. The Hall–Kier alpha value is -0.800. The van der Waals surface area contributed by atoms with Crippen LogP contribution >= 0.6 is 11.6 Å². The van der Waals surface area contributed by atoms with E-state index in [-0.39, 0.29) is 5.54 Å². The second-order valence-corrected chi connectivity index (χ2v) is 5.21. The summed E-state index contributed by atoms with van der Waals surface area (Å²) in [6, 6.07) is 0. The molecule has 102 valence electrons. The van der Waals surface area contributed by atoms with Crippen LogP contribution in [0.3, 0.4) is 0 Å². The molecule has 1 unspecified atom stereocenters. The fraction of sp³-hybridized carbons (Fsp3) is 0.643. The maximum Gasteiger partial charge on any atom is 0.128 e. The Bertz CT molecular complexity index is 403. The van der Waals surface area contributed by atoms with Gasteiger partial charge < -0.3 is 10.1 Å². The summed E-state index contributed by atoms with van der Waals surface area (Å²) in [4.78, 5) is 4.47. The van der Waals surface area contributed by atoms with Crippen molar-refractivity contribution in [2.75, 3.05) is 13.0 Å². The van der Waals surface area contributed by atoms with Gasteiger partial charge in [0.2, 0.25) is 0 Å². The Morgan fingerprint density at radius 3 is 2.61 bits per heavy atom. The summed E-state index contributed by atoms with van der Waals surface area (Å²) in [7, 11) is 1.70. The van der Waals surface area contributed by atoms with Gasteiger partial charge in [-0.05, 0) is 27.2 Å². The van der Waals surface area contributed by atoms with Crippen LogP contribution in [0.15, 0.2) is 6.20 Å². The van der Waals surface area contributed by atoms with Crippen molar-refractivity contribution in [1.29, 1.82) is 0 Å². The molecule has 0 aliphatic heterocycles. The lowest BCUT2D eigenvalue weighted by Crippen LogP contribution is -2.43. The van der Waals surface area contributed by atoms with Crippen molar-refractivity contribution in [3.05, 3.63) is 23.0 Å². The van der Waals surface area contributed by atoms with E-state index >= 15 is 0 Å². The molecule has 0 aromatic carbocycles. The van der Waals surface area contributed by atoms with Crippen LogP contribution in [0.1, 0.15) is 37.1 Å². The molecule has 4 heteroatoms. The van der Waals surface area contributed by atoms with Gasteiger partial charge in [0, 0.05) is 35.3 Å². The Kier molecular flexibility index (Phi) is 5.42. The molecule has 1 aromatic heterocycles. The van der Waals surface area contributed by atoms with Crippen LogP contribution < -0.4 is 10.1 Å². The lowest BCUT2D eigenvalue weighted by atomic mass is 10.0. The third-order valence-corrected chi connectivity index (χ3v) is 4.10. The van der Waals surface area contributed by atoms with E-state index in [0.717, 1.165) is 29.0 Å². The zero-order chi connectivity index (χ0) is 13.8. The first kappa shape index (κ1) is 15.3. The molecular weight excluding hydrogens is 248 g/mol. The van der Waals surface area contributed by atoms with Gasteiger partial charge >= 0.3 is 0 Å². The molecule has 3 nitrogen and oxygen atoms in total. The van der Waals surface area contributed by atoms with E-state index in [1.807, 2.05) is 20.0 Å². The van der Waals surface area contributed by atoms with Gasteiger partial charge in [0.25, 0.3) is 0 Å². The molecule has 1 atom stereocenters. The highest BCUT2D eigenvalue weighted by Gasteiger charge is 2.20. The molecule has 1 rings (SSSR count). The summed E-state index contributed by atoms with van der Waals surface area (Å²) in [5.74, 6) is 1.51. The number of methoxy groups -OCH3 is 1. The van der Waals surface area contributed by atoms with E-state index in [4.69, 9.17) is 16.3 Å². The van der Waals surface area contributed by atoms with Crippen molar-refractivity contribution >= 4 is 11.6 Å². The SMILES string of the molecule is CCC(C)(CCl)NCc1ncc(C)c(OC)c1C. The fourth-order valence-corrected chi connectivity index (χ4v) is 2.10. The number of aryl methyl sites for hydroxylation is 1. The maximum absolute atomic E-state index is 5.99. The highest BCUT2D eigenvalue weighted by molar-refractivity contribution is 6.18. The number of aromatic nitrogens is 1. The highest BCUT2D eigenvalue weighted by Crippen LogP contribution is 2.24. The van der Waals surface area contributed by atoms with Crippen LogP contribution in [-0.4, -0.2) is 23.5 Å². The van der Waals surface area contributed by atoms with Crippen LogP contribution in [0.2, 0.25) is 0 Å². The molecule has 0 aliphatic rings. The van der Waals surface area contributed by atoms with Gasteiger partial charge in [-0.25, -0.2) is 0 Å². The molecular formula is C14H23ClN2O. The van der Waals surface area contributed by atoms with Gasteiger partial charge in [-0.15, -0.1) is 11.6 Å². The lowest BCUT2D eigenvalue weighted by molar-refractivity contribution is 0.374. The van der Waals surface area contributed by atoms with Gasteiger partial charge in [-0.3, -0.25) is 4.98 Å². The van der Waals surface area contributed by atoms with E-state index in [1.54, 1.807) is 7.11 Å². The number of halogens is 1. The minimum Gasteiger partial charge on any atom is -0.496 e. The fourth-order valence-electron chi connectivity index (χ4n) is 1.81. The predicted molar refractivity (Wildman–Crippen MR) is 76.5 cm³/mol. The molecule has 0 spiro atoms. The minimum absolute atomic E-state index is 0.0478. The van der Waals surface area contributed by atoms with Crippen LogP contribution in [0.25, 0.3) is 0 Å². The van der Waals surface area contributed by atoms with Crippen molar-refractivity contribution < 1.29 is 4.74 Å². The van der Waals surface area contributed by atoms with Crippen molar-refractivity contribution in [1.82, 2.24) is 10.3 Å². The van der Waals surface area contributed by atoms with Crippen molar-refractivity contribution in [2.24, 2.45) is 0 Å². The average molecular weight is 271 g/mol. The zero-order valence-electron chi connectivity index (χ0n) is 11.9. The van der Waals surface area contributed by atoms with Crippen molar-refractivity contribution in [3.63, 3.8) is 0 Å². The molecule has 0 amide bonds. The lowest BCUT2D eigenvalue weighted by Gasteiger charge is -2.27. The first-order chi connectivity index (χ1) is 8.47. The Morgan fingerprint density at radius 2 is 2.11 bits per heavy atom. The zero-order valence-corrected chi connectivity index (χ0v) is 12.7. The first-order valence-corrected chi connectivity index (χ1v) is 6.81. The predicted octanol–water partition coefficient (Wildman–Crippen LogP) is 3.20. The first-order valence-electron chi connectivity index (χ1n) is 6.27. The van der Waals surface area contributed by atoms with Crippen molar-refractivity contribution in [2.45, 2.75) is 46.2 Å². The summed E-state index contributed by atoms with van der Waals surface area (Å²) in [5, 5.41) is 3.47. The number of pyridine rings is 1. The summed E-state index contributed by atoms with van der Waals surface area (Å²) < 4.78 is 5.41. The van der Waals surface area contributed by atoms with E-state index in [9.17, 15) is 0 Å². The van der Waals surface area contributed by atoms with Crippen LogP contribution in [0, 0.1) is 13.8 Å². The molecule has 0 saturated heterocycles. The smallest absolute Gasteiger partial charge is 0.128 e. The summed E-state index contributed by atoms with van der Waals surface area (Å²) in [5.41, 5.74) is 3.13. The summed E-state index contributed by atoms with van der Waals surface area (Å²) >= 11 is 5.99. The molecule has 0 aliphatic carbocycles. The maximum atomic E-state index is 5.99. The third-order valence-electron chi connectivity index (χ3n) is 3.51. The van der Waals surface area contributed by atoms with Crippen LogP contribution in [0.5, 0.6) is 5.75 Å². The van der Waals surface area contributed by atoms with E-state index < -0.39 is 0 Å². The number of ether oxygens (including phenoxy) is 1. The summed E-state index contributed by atoms with van der Waals surface area (Å²) in [6.45, 7) is 9.01. The molecule has 1 N–H and O–H groups in total. The monoisotopic (exact) mass is 270 g/mol. The topological polar surface area (TPSA) is 34.2 Å². The van der Waals surface area contributed by atoms with E-state index in [1.165, 1.54) is 0 Å². The van der Waals surface area contributed by atoms with E-state index in [0.29, 0.717) is 12.4 Å². The molecule has 0 radical (unpaired) electrons. The Balaban J connectivity index is 2.86. The highest BCUT2D eigenvalue weighted by atomic mass is 35.5. The molecule has 1 heterocycles. The average Bonchev–Trinajstić information content (AvgIpc) is 2.38. The minimum atomic E-state index is -0.0478. The molecule has 0 fully saturated rings. The standard InChI is InChI=1S/C14H23ClN2O/c1-6-14(4,9-15)17-8-12-11(3)13(18-5)10(2)7-16-12/h7,17H,6,8-9H2,1-5H3. The molecule has 0 saturated carbocycles. The van der Waals surface area contributed by atoms with Gasteiger partial charge in [0.15, 0.2) is 0 Å². The second kappa shape index (κ2) is 6.39. The number of nitrogens with zero attached hydrogens (tertiary/aromatic N) is 1. The Morgan fingerprint density at radius 1 is 1.44 bits per heavy atom. The Labute approximate surface area is 115 Å². The normalized spacial score (nSPS) is 14.3. The number of hydrogen-bond donors (Lipinski definition) is 1. The largest absolute Gasteiger partial charge is 0.496 e. The van der Waals surface area contributed by atoms with Gasteiger partial charge in [-0.2, -0.15) is 0 Å². The number of alkyl halides is 1. The van der Waals surface area contributed by atoms with E-state index in [2.05, 4.69) is 24.1 Å². The molecule has 0 bridgehead atoms. The van der Waals surface area contributed by atoms with Gasteiger partial charge in [0.1, 0.15) is 5.75 Å². The van der Waals surface area contributed by atoms with Gasteiger partial charge in [-0.1, -0.05) is 6.92 Å². The number of nitrogens with one attached hydrogen (secondary N) is 1. The van der Waals surface area contributed by atoms with Crippen molar-refractivity contribution in [3.8, 4) is 5.75 Å². The quantitative estimate of drug-likeness (QED) is 0.806. The number of hydrogen-bond acceptors (Lipinski definition) is 3. The molecule has 18 heavy (non-hydrogen) atoms. The second-order valence-electron chi connectivity index (χ2n) is 4.95. The van der Waals surface area contributed by atoms with Crippen LogP contribution in [-0.2, 0) is 6.54 Å². The van der Waals surface area contributed by atoms with Crippen LogP contribution in [0.4, 0.5) is 0 Å². The van der Waals surface area contributed by atoms with Gasteiger partial charge in [0.05, 0.1) is 12.8 Å². The molecule has 1 aromatic rings. The third kappa shape index (κ3) is 3.36. The number of rotatable bonds is 6.